The van der Waals surface area contributed by atoms with Crippen LogP contribution in [0.3, 0.4) is 0 Å². The first kappa shape index (κ1) is 15.4. The molecule has 21 heavy (non-hydrogen) atoms. The molecule has 0 radical (unpaired) electrons. The zero-order valence-electron chi connectivity index (χ0n) is 14.1. The maximum Gasteiger partial charge on any atom is 0.206 e. The Kier molecular flexibility index (Phi) is 3.31. The zero-order valence-corrected chi connectivity index (χ0v) is 14.1. The molecule has 0 aromatic rings. The fourth-order valence-electron chi connectivity index (χ4n) is 3.37. The van der Waals surface area contributed by atoms with E-state index >= 15 is 0 Å². The van der Waals surface area contributed by atoms with Crippen molar-refractivity contribution in [1.82, 2.24) is 19.6 Å². The molecular weight excluding hydrogens is 268 g/mol. The Labute approximate surface area is 126 Å². The number of hydrogen-bond acceptors (Lipinski definition) is 6. The lowest BCUT2D eigenvalue weighted by molar-refractivity contribution is -0.142. The molecule has 0 fully saturated rings. The van der Waals surface area contributed by atoms with E-state index in [1.807, 2.05) is 66.2 Å². The predicted octanol–water partition coefficient (Wildman–Crippen LogP) is -0.192. The molecule has 0 aliphatic heterocycles. The predicted molar refractivity (Wildman–Crippen MR) is 81.2 cm³/mol. The summed E-state index contributed by atoms with van der Waals surface area (Å²) in [6.45, 7) is 0. The minimum Gasteiger partial charge on any atom is -0.378 e. The molecule has 0 saturated heterocycles. The van der Waals surface area contributed by atoms with E-state index in [2.05, 4.69) is 0 Å². The van der Waals surface area contributed by atoms with E-state index < -0.39 is 5.41 Å². The van der Waals surface area contributed by atoms with Crippen LogP contribution in [-0.4, -0.2) is 87.5 Å². The number of allylic oxidation sites excluding steroid dienone is 2. The number of carbonyl (C=O) groups excluding carboxylic acids is 2. The summed E-state index contributed by atoms with van der Waals surface area (Å²) >= 11 is 0. The van der Waals surface area contributed by atoms with E-state index in [9.17, 15) is 9.59 Å². The summed E-state index contributed by atoms with van der Waals surface area (Å²) in [6.07, 6.45) is 0. The first-order valence-electron chi connectivity index (χ1n) is 6.88. The first-order valence-corrected chi connectivity index (χ1v) is 6.88. The van der Waals surface area contributed by atoms with E-state index in [1.54, 1.807) is 9.80 Å². The van der Waals surface area contributed by atoms with Crippen molar-refractivity contribution in [3.63, 3.8) is 0 Å². The Morgan fingerprint density at radius 2 is 0.857 bits per heavy atom. The molecule has 0 aromatic heterocycles. The summed E-state index contributed by atoms with van der Waals surface area (Å²) in [5, 5.41) is 0. The highest BCUT2D eigenvalue weighted by atomic mass is 16.2. The van der Waals surface area contributed by atoms with Crippen molar-refractivity contribution in [1.29, 1.82) is 0 Å². The molecule has 6 heteroatoms. The number of carbonyl (C=O) groups is 2. The van der Waals surface area contributed by atoms with Crippen LogP contribution in [0.5, 0.6) is 0 Å². The number of rotatable bonds is 4. The fraction of sp³-hybridized carbons (Fsp3) is 0.600. The van der Waals surface area contributed by atoms with Gasteiger partial charge in [0.1, 0.15) is 11.4 Å². The Bertz CT molecular complexity index is 530. The van der Waals surface area contributed by atoms with Crippen molar-refractivity contribution in [2.24, 2.45) is 5.41 Å². The molecule has 0 atom stereocenters. The van der Waals surface area contributed by atoms with Gasteiger partial charge in [0.15, 0.2) is 5.41 Å². The summed E-state index contributed by atoms with van der Waals surface area (Å²) in [5.41, 5.74) is 1.70. The molecule has 2 rings (SSSR count). The van der Waals surface area contributed by atoms with E-state index in [-0.39, 0.29) is 11.6 Å². The van der Waals surface area contributed by atoms with Crippen LogP contribution in [0.4, 0.5) is 0 Å². The number of hydrogen-bond donors (Lipinski definition) is 0. The molecule has 2 aliphatic carbocycles. The summed E-state index contributed by atoms with van der Waals surface area (Å²) in [4.78, 5) is 32.9. The molecule has 6 nitrogen and oxygen atoms in total. The van der Waals surface area contributed by atoms with Crippen molar-refractivity contribution in [2.75, 3.05) is 56.4 Å². The van der Waals surface area contributed by atoms with Gasteiger partial charge in [-0.25, -0.2) is 0 Å². The van der Waals surface area contributed by atoms with E-state index in [0.717, 1.165) is 11.4 Å². The third-order valence-electron chi connectivity index (χ3n) is 4.06. The van der Waals surface area contributed by atoms with Crippen LogP contribution in [0.15, 0.2) is 22.8 Å². The van der Waals surface area contributed by atoms with Gasteiger partial charge >= 0.3 is 0 Å². The average Bonchev–Trinajstić information content (AvgIpc) is 2.30. The summed E-state index contributed by atoms with van der Waals surface area (Å²) < 4.78 is 0. The van der Waals surface area contributed by atoms with Crippen molar-refractivity contribution in [2.45, 2.75) is 0 Å². The molecule has 0 N–H and O–H groups in total. The molecule has 1 spiro atoms. The average molecular weight is 292 g/mol. The molecule has 0 bridgehead atoms. The fourth-order valence-corrected chi connectivity index (χ4v) is 3.37. The van der Waals surface area contributed by atoms with Crippen LogP contribution < -0.4 is 0 Å². The van der Waals surface area contributed by atoms with Gasteiger partial charge in [0.2, 0.25) is 11.6 Å². The van der Waals surface area contributed by atoms with Gasteiger partial charge in [-0.3, -0.25) is 9.59 Å². The minimum absolute atomic E-state index is 0.101. The number of ketones is 2. The third-order valence-corrected chi connectivity index (χ3v) is 4.06. The Morgan fingerprint density at radius 3 is 1.05 bits per heavy atom. The third kappa shape index (κ3) is 1.58. The number of Topliss-reactive ketones (excluding diaryl/α,β-unsaturated/α-hetero) is 2. The monoisotopic (exact) mass is 292 g/mol. The molecule has 116 valence electrons. The van der Waals surface area contributed by atoms with Crippen LogP contribution in [-0.2, 0) is 9.59 Å². The smallest absolute Gasteiger partial charge is 0.206 e. The van der Waals surface area contributed by atoms with Crippen LogP contribution in [0.25, 0.3) is 0 Å². The summed E-state index contributed by atoms with van der Waals surface area (Å²) in [6, 6.07) is 0. The van der Waals surface area contributed by atoms with E-state index in [1.165, 1.54) is 0 Å². The van der Waals surface area contributed by atoms with Gasteiger partial charge in [0.05, 0.1) is 11.4 Å². The second kappa shape index (κ2) is 4.51. The van der Waals surface area contributed by atoms with Crippen LogP contribution in [0, 0.1) is 5.41 Å². The molecule has 0 aromatic carbocycles. The number of nitrogens with zero attached hydrogens (tertiary/aromatic N) is 4. The first-order chi connectivity index (χ1) is 9.59. The molecule has 2 aliphatic rings. The quantitative estimate of drug-likeness (QED) is 0.669. The second-order valence-electron chi connectivity index (χ2n) is 6.38. The van der Waals surface area contributed by atoms with Gasteiger partial charge in [-0.1, -0.05) is 0 Å². The molecular formula is C15H24N4O2. The largest absolute Gasteiger partial charge is 0.378 e. The maximum atomic E-state index is 12.8. The zero-order chi connectivity index (χ0) is 16.3. The standard InChI is InChI=1S/C15H24N4O2/c1-16(2)9-11(18(5)6)15(13(9)20)12(19(7)8)10(14(15)21)17(3)4/h1-8H3. The lowest BCUT2D eigenvalue weighted by Crippen LogP contribution is -2.66. The lowest BCUT2D eigenvalue weighted by atomic mass is 9.55. The Hall–Kier alpha value is -1.98. The van der Waals surface area contributed by atoms with Crippen molar-refractivity contribution in [3.05, 3.63) is 22.8 Å². The highest BCUT2D eigenvalue weighted by Crippen LogP contribution is 2.59. The molecule has 0 saturated carbocycles. The summed E-state index contributed by atoms with van der Waals surface area (Å²) in [5.74, 6) is -0.203. The van der Waals surface area contributed by atoms with Gasteiger partial charge in [-0.05, 0) is 0 Å². The van der Waals surface area contributed by atoms with Gasteiger partial charge in [-0.15, -0.1) is 0 Å². The van der Waals surface area contributed by atoms with Crippen LogP contribution >= 0.6 is 0 Å². The maximum absolute atomic E-state index is 12.8. The van der Waals surface area contributed by atoms with Crippen molar-refractivity contribution < 1.29 is 9.59 Å². The van der Waals surface area contributed by atoms with Crippen molar-refractivity contribution in [3.8, 4) is 0 Å². The second-order valence-corrected chi connectivity index (χ2v) is 6.38. The van der Waals surface area contributed by atoms with Gasteiger partial charge in [0.25, 0.3) is 0 Å². The van der Waals surface area contributed by atoms with Gasteiger partial charge < -0.3 is 19.6 Å². The molecule has 0 unspecified atom stereocenters. The minimum atomic E-state index is -1.10. The topological polar surface area (TPSA) is 47.1 Å². The number of likely N-dealkylation sites (N-methyl/N-ethyl adjacent to an activating group) is 2. The van der Waals surface area contributed by atoms with Crippen LogP contribution in [0.1, 0.15) is 0 Å². The van der Waals surface area contributed by atoms with Crippen LogP contribution in [0.2, 0.25) is 0 Å². The highest BCUT2D eigenvalue weighted by Gasteiger charge is 2.71. The summed E-state index contributed by atoms with van der Waals surface area (Å²) in [7, 11) is 14.8. The highest BCUT2D eigenvalue weighted by molar-refractivity contribution is 6.33. The van der Waals surface area contributed by atoms with Crippen molar-refractivity contribution >= 4 is 11.6 Å². The van der Waals surface area contributed by atoms with Gasteiger partial charge in [-0.2, -0.15) is 0 Å². The lowest BCUT2D eigenvalue weighted by Gasteiger charge is -2.55. The SMILES string of the molecule is CN(C)C1=C(N(C)C)C2(C1=O)C(=O)C(N(C)C)=C2N(C)C. The van der Waals surface area contributed by atoms with Gasteiger partial charge in [0, 0.05) is 56.4 Å². The van der Waals surface area contributed by atoms with E-state index in [4.69, 9.17) is 0 Å². The molecule has 0 heterocycles. The van der Waals surface area contributed by atoms with E-state index in [0.29, 0.717) is 11.4 Å². The molecule has 0 amide bonds. The normalized spacial score (nSPS) is 19.6. The Morgan fingerprint density at radius 1 is 0.571 bits per heavy atom. The Balaban J connectivity index is 2.71.